The number of ether oxygens (including phenoxy) is 2. The van der Waals surface area contributed by atoms with Gasteiger partial charge in [0.15, 0.2) is 5.76 Å². The Bertz CT molecular complexity index is 589. The minimum absolute atomic E-state index is 0.304. The molecule has 2 aromatic rings. The van der Waals surface area contributed by atoms with E-state index in [-0.39, 0.29) is 5.97 Å². The van der Waals surface area contributed by atoms with Crippen molar-refractivity contribution in [3.8, 4) is 11.3 Å². The number of benzene rings is 1. The highest BCUT2D eigenvalue weighted by Crippen LogP contribution is 2.22. The van der Waals surface area contributed by atoms with Gasteiger partial charge in [0.05, 0.1) is 25.3 Å². The van der Waals surface area contributed by atoms with E-state index in [1.54, 1.807) is 26.2 Å². The summed E-state index contributed by atoms with van der Waals surface area (Å²) in [6.45, 7) is 4.58. The van der Waals surface area contributed by atoms with E-state index < -0.39 is 0 Å². The fraction of sp³-hybridized carbons (Fsp3) is 0.353. The lowest BCUT2D eigenvalue weighted by atomic mass is 10.1. The summed E-state index contributed by atoms with van der Waals surface area (Å²) in [6.07, 6.45) is 0. The van der Waals surface area contributed by atoms with Gasteiger partial charge in [-0.25, -0.2) is 4.79 Å². The molecule has 2 rings (SSSR count). The molecule has 22 heavy (non-hydrogen) atoms. The maximum absolute atomic E-state index is 11.6. The van der Waals surface area contributed by atoms with E-state index in [4.69, 9.17) is 13.9 Å². The summed E-state index contributed by atoms with van der Waals surface area (Å²) in [6, 6.07) is 11.1. The largest absolute Gasteiger partial charge is 0.462 e. The number of hydrogen-bond acceptors (Lipinski definition) is 4. The number of carbonyl (C=O) groups is 1. The van der Waals surface area contributed by atoms with Crippen LogP contribution in [0.3, 0.4) is 0 Å². The molecule has 0 aliphatic carbocycles. The third-order valence-electron chi connectivity index (χ3n) is 3.21. The quantitative estimate of drug-likeness (QED) is 0.597. The molecule has 5 heteroatoms. The summed E-state index contributed by atoms with van der Waals surface area (Å²) in [4.78, 5) is 11.6. The molecule has 1 heterocycles. The second-order valence-corrected chi connectivity index (χ2v) is 4.84. The summed E-state index contributed by atoms with van der Waals surface area (Å²) < 4.78 is 15.8. The summed E-state index contributed by atoms with van der Waals surface area (Å²) in [5.74, 6) is 1.41. The maximum Gasteiger partial charge on any atom is 0.338 e. The van der Waals surface area contributed by atoms with Gasteiger partial charge < -0.3 is 19.2 Å². The molecule has 0 fully saturated rings. The molecule has 5 nitrogen and oxygen atoms in total. The number of nitrogens with two attached hydrogens (primary N) is 1. The lowest BCUT2D eigenvalue weighted by Crippen LogP contribution is -2.83. The van der Waals surface area contributed by atoms with Crippen molar-refractivity contribution in [2.45, 2.75) is 13.5 Å². The Kier molecular flexibility index (Phi) is 6.18. The predicted molar refractivity (Wildman–Crippen MR) is 82.5 cm³/mol. The molecule has 0 amide bonds. The predicted octanol–water partition coefficient (Wildman–Crippen LogP) is 1.83. The molecule has 2 N–H and O–H groups in total. The summed E-state index contributed by atoms with van der Waals surface area (Å²) in [5, 5.41) is 2.13. The first kappa shape index (κ1) is 16.3. The molecule has 1 aromatic heterocycles. The van der Waals surface area contributed by atoms with E-state index in [1.165, 1.54) is 0 Å². The van der Waals surface area contributed by atoms with Crippen molar-refractivity contribution in [1.29, 1.82) is 0 Å². The van der Waals surface area contributed by atoms with Gasteiger partial charge in [-0.05, 0) is 31.2 Å². The molecule has 0 atom stereocenters. The fourth-order valence-electron chi connectivity index (χ4n) is 2.07. The molecule has 0 aliphatic rings. The van der Waals surface area contributed by atoms with Crippen molar-refractivity contribution in [2.24, 2.45) is 0 Å². The number of hydrogen-bond donors (Lipinski definition) is 1. The van der Waals surface area contributed by atoms with Gasteiger partial charge in [-0.15, -0.1) is 0 Å². The zero-order valence-corrected chi connectivity index (χ0v) is 13.0. The van der Waals surface area contributed by atoms with E-state index in [0.29, 0.717) is 12.2 Å². The van der Waals surface area contributed by atoms with Crippen LogP contribution in [0.25, 0.3) is 11.3 Å². The molecular formula is C17H22NO4+. The van der Waals surface area contributed by atoms with Crippen molar-refractivity contribution >= 4 is 5.97 Å². The molecule has 0 spiro atoms. The monoisotopic (exact) mass is 304 g/mol. The maximum atomic E-state index is 11.6. The molecule has 0 unspecified atom stereocenters. The van der Waals surface area contributed by atoms with Crippen LogP contribution < -0.4 is 5.32 Å². The zero-order chi connectivity index (χ0) is 15.8. The minimum Gasteiger partial charge on any atom is -0.462 e. The van der Waals surface area contributed by atoms with Gasteiger partial charge >= 0.3 is 5.97 Å². The number of furan rings is 1. The highest BCUT2D eigenvalue weighted by Gasteiger charge is 2.09. The van der Waals surface area contributed by atoms with Crippen LogP contribution in [0.2, 0.25) is 0 Å². The number of quaternary nitrogens is 1. The normalized spacial score (nSPS) is 10.6. The lowest BCUT2D eigenvalue weighted by molar-refractivity contribution is -0.673. The first-order valence-electron chi connectivity index (χ1n) is 7.41. The van der Waals surface area contributed by atoms with Gasteiger partial charge in [-0.2, -0.15) is 0 Å². The van der Waals surface area contributed by atoms with Crippen LogP contribution in [-0.2, 0) is 16.0 Å². The van der Waals surface area contributed by atoms with Gasteiger partial charge in [-0.3, -0.25) is 0 Å². The van der Waals surface area contributed by atoms with Crippen molar-refractivity contribution in [1.82, 2.24) is 0 Å². The van der Waals surface area contributed by atoms with Crippen molar-refractivity contribution in [3.05, 3.63) is 47.7 Å². The van der Waals surface area contributed by atoms with Crippen LogP contribution >= 0.6 is 0 Å². The standard InChI is InChI=1S/C17H21NO4/c1-3-21-17(19)14-6-4-13(5-7-14)16-9-8-15(22-16)12-18-10-11-20-2/h4-9,18H,3,10-12H2,1-2H3/p+1. The lowest BCUT2D eigenvalue weighted by Gasteiger charge is -2.02. The Balaban J connectivity index is 1.97. The van der Waals surface area contributed by atoms with Crippen LogP contribution in [-0.4, -0.2) is 32.8 Å². The van der Waals surface area contributed by atoms with E-state index in [0.717, 1.165) is 36.8 Å². The van der Waals surface area contributed by atoms with Crippen LogP contribution in [0.4, 0.5) is 0 Å². The second-order valence-electron chi connectivity index (χ2n) is 4.84. The Morgan fingerprint density at radius 2 is 1.95 bits per heavy atom. The average Bonchev–Trinajstić information content (AvgIpc) is 3.01. The van der Waals surface area contributed by atoms with Gasteiger partial charge in [0.1, 0.15) is 12.3 Å². The Morgan fingerprint density at radius 3 is 2.64 bits per heavy atom. The van der Waals surface area contributed by atoms with E-state index in [2.05, 4.69) is 5.32 Å². The SMILES string of the molecule is CCOC(=O)c1ccc(-c2ccc(C[NH2+]CCOC)o2)cc1. The second kappa shape index (κ2) is 8.36. The number of esters is 1. The smallest absolute Gasteiger partial charge is 0.338 e. The van der Waals surface area contributed by atoms with Crippen molar-refractivity contribution in [3.63, 3.8) is 0 Å². The molecule has 0 bridgehead atoms. The van der Waals surface area contributed by atoms with Crippen LogP contribution in [0.1, 0.15) is 23.0 Å². The number of carbonyl (C=O) groups excluding carboxylic acids is 1. The summed E-state index contributed by atoms with van der Waals surface area (Å²) in [7, 11) is 1.69. The van der Waals surface area contributed by atoms with Gasteiger partial charge in [0.2, 0.25) is 0 Å². The molecule has 0 saturated heterocycles. The Morgan fingerprint density at radius 1 is 1.18 bits per heavy atom. The summed E-state index contributed by atoms with van der Waals surface area (Å²) >= 11 is 0. The Hall–Kier alpha value is -2.11. The average molecular weight is 304 g/mol. The molecule has 0 saturated carbocycles. The van der Waals surface area contributed by atoms with Gasteiger partial charge in [0.25, 0.3) is 0 Å². The molecule has 1 aromatic carbocycles. The first-order valence-corrected chi connectivity index (χ1v) is 7.41. The fourth-order valence-corrected chi connectivity index (χ4v) is 2.07. The van der Waals surface area contributed by atoms with Crippen LogP contribution in [0.15, 0.2) is 40.8 Å². The van der Waals surface area contributed by atoms with Gasteiger partial charge in [0, 0.05) is 12.7 Å². The molecular weight excluding hydrogens is 282 g/mol. The molecule has 118 valence electrons. The molecule has 0 radical (unpaired) electrons. The van der Waals surface area contributed by atoms with Crippen LogP contribution in [0.5, 0.6) is 0 Å². The topological polar surface area (TPSA) is 65.3 Å². The summed E-state index contributed by atoms with van der Waals surface area (Å²) in [5.41, 5.74) is 1.49. The first-order chi connectivity index (χ1) is 10.7. The third kappa shape index (κ3) is 4.44. The highest BCUT2D eigenvalue weighted by molar-refractivity contribution is 5.89. The van der Waals surface area contributed by atoms with Crippen molar-refractivity contribution in [2.75, 3.05) is 26.9 Å². The minimum atomic E-state index is -0.304. The highest BCUT2D eigenvalue weighted by atomic mass is 16.5. The number of methoxy groups -OCH3 is 1. The van der Waals surface area contributed by atoms with E-state index in [9.17, 15) is 4.79 Å². The zero-order valence-electron chi connectivity index (χ0n) is 13.0. The third-order valence-corrected chi connectivity index (χ3v) is 3.21. The molecule has 0 aliphatic heterocycles. The van der Waals surface area contributed by atoms with Crippen molar-refractivity contribution < 1.29 is 24.0 Å². The Labute approximate surface area is 130 Å². The van der Waals surface area contributed by atoms with Crippen LogP contribution in [0, 0.1) is 0 Å². The van der Waals surface area contributed by atoms with Gasteiger partial charge in [-0.1, -0.05) is 12.1 Å². The van der Waals surface area contributed by atoms with E-state index in [1.807, 2.05) is 24.3 Å². The number of rotatable bonds is 8. The van der Waals surface area contributed by atoms with E-state index >= 15 is 0 Å².